The van der Waals surface area contributed by atoms with Crippen molar-refractivity contribution in [3.8, 4) is 11.1 Å². The fourth-order valence-corrected chi connectivity index (χ4v) is 5.22. The first-order valence-corrected chi connectivity index (χ1v) is 11.7. The zero-order valence-corrected chi connectivity index (χ0v) is 18.3. The van der Waals surface area contributed by atoms with E-state index in [2.05, 4.69) is 23.5 Å². The maximum atomic E-state index is 13.2. The zero-order valence-electron chi connectivity index (χ0n) is 18.3. The number of hydrogen-bond donors (Lipinski definition) is 1. The molecule has 1 aromatic heterocycles. The monoisotopic (exact) mass is 427 g/mol. The van der Waals surface area contributed by atoms with Crippen molar-refractivity contribution in [1.29, 1.82) is 0 Å². The van der Waals surface area contributed by atoms with Gasteiger partial charge in [-0.3, -0.25) is 9.59 Å². The molecule has 32 heavy (non-hydrogen) atoms. The van der Waals surface area contributed by atoms with Gasteiger partial charge in [-0.2, -0.15) is 0 Å². The molecule has 2 aromatic carbocycles. The lowest BCUT2D eigenvalue weighted by Gasteiger charge is -2.25. The highest BCUT2D eigenvalue weighted by Gasteiger charge is 2.35. The predicted octanol–water partition coefficient (Wildman–Crippen LogP) is 5.41. The summed E-state index contributed by atoms with van der Waals surface area (Å²) in [7, 11) is 0. The largest absolute Gasteiger partial charge is 0.331 e. The number of hydrogen-bond acceptors (Lipinski definition) is 3. The SMILES string of the molecule is O=C(Nc1cc(-c2ccccc2)c2ccccc2n1)[C@@H]1CCCN1C(=O)CC1CCCC1. The van der Waals surface area contributed by atoms with Crippen molar-refractivity contribution in [2.24, 2.45) is 5.92 Å². The highest BCUT2D eigenvalue weighted by Crippen LogP contribution is 2.32. The molecular weight excluding hydrogens is 398 g/mol. The van der Waals surface area contributed by atoms with E-state index in [-0.39, 0.29) is 11.8 Å². The van der Waals surface area contributed by atoms with Gasteiger partial charge in [-0.15, -0.1) is 0 Å². The summed E-state index contributed by atoms with van der Waals surface area (Å²) in [5.41, 5.74) is 2.95. The lowest BCUT2D eigenvalue weighted by atomic mass is 10.0. The summed E-state index contributed by atoms with van der Waals surface area (Å²) in [5, 5.41) is 4.07. The maximum absolute atomic E-state index is 13.2. The summed E-state index contributed by atoms with van der Waals surface area (Å²) in [6.45, 7) is 0.671. The zero-order chi connectivity index (χ0) is 21.9. The van der Waals surface area contributed by atoms with Crippen LogP contribution in [0.2, 0.25) is 0 Å². The first-order chi connectivity index (χ1) is 15.7. The fourth-order valence-electron chi connectivity index (χ4n) is 5.22. The topological polar surface area (TPSA) is 62.3 Å². The number of amides is 2. The summed E-state index contributed by atoms with van der Waals surface area (Å²) in [6, 6.07) is 19.6. The molecule has 1 aliphatic heterocycles. The second kappa shape index (κ2) is 9.11. The highest BCUT2D eigenvalue weighted by molar-refractivity contribution is 6.01. The highest BCUT2D eigenvalue weighted by atomic mass is 16.2. The molecule has 3 aromatic rings. The molecule has 5 rings (SSSR count). The third-order valence-corrected chi connectivity index (χ3v) is 6.87. The van der Waals surface area contributed by atoms with Crippen LogP contribution < -0.4 is 5.32 Å². The minimum absolute atomic E-state index is 0.131. The Hall–Kier alpha value is -3.21. The van der Waals surface area contributed by atoms with Crippen molar-refractivity contribution < 1.29 is 9.59 Å². The number of rotatable bonds is 5. The van der Waals surface area contributed by atoms with Gasteiger partial charge in [0.05, 0.1) is 5.52 Å². The molecule has 0 unspecified atom stereocenters. The van der Waals surface area contributed by atoms with Crippen LogP contribution in [0.5, 0.6) is 0 Å². The first kappa shape index (κ1) is 20.7. The van der Waals surface area contributed by atoms with Crippen LogP contribution in [0, 0.1) is 5.92 Å². The molecule has 0 bridgehead atoms. The molecule has 2 heterocycles. The number of benzene rings is 2. The Labute approximate surface area is 188 Å². The number of aromatic nitrogens is 1. The van der Waals surface area contributed by atoms with Crippen molar-refractivity contribution in [2.45, 2.75) is 51.0 Å². The van der Waals surface area contributed by atoms with Crippen molar-refractivity contribution in [2.75, 3.05) is 11.9 Å². The van der Waals surface area contributed by atoms with Crippen LogP contribution in [0.15, 0.2) is 60.7 Å². The van der Waals surface area contributed by atoms with Crippen LogP contribution in [0.1, 0.15) is 44.9 Å². The van der Waals surface area contributed by atoms with E-state index < -0.39 is 6.04 Å². The van der Waals surface area contributed by atoms with E-state index in [0.29, 0.717) is 31.1 Å². The van der Waals surface area contributed by atoms with Crippen molar-refractivity contribution in [3.05, 3.63) is 60.7 Å². The fraction of sp³-hybridized carbons (Fsp3) is 0.370. The molecule has 1 aliphatic carbocycles. The molecule has 0 spiro atoms. The number of para-hydroxylation sites is 1. The number of carbonyl (C=O) groups excluding carboxylic acids is 2. The second-order valence-corrected chi connectivity index (χ2v) is 9.03. The van der Waals surface area contributed by atoms with Crippen LogP contribution in [0.25, 0.3) is 22.0 Å². The summed E-state index contributed by atoms with van der Waals surface area (Å²) in [6.07, 6.45) is 6.88. The van der Waals surface area contributed by atoms with Crippen LogP contribution in [-0.4, -0.2) is 34.3 Å². The molecule has 2 fully saturated rings. The van der Waals surface area contributed by atoms with Gasteiger partial charge < -0.3 is 10.2 Å². The van der Waals surface area contributed by atoms with Crippen LogP contribution in [0.4, 0.5) is 5.82 Å². The summed E-state index contributed by atoms with van der Waals surface area (Å²) < 4.78 is 0. The van der Waals surface area contributed by atoms with Crippen LogP contribution in [-0.2, 0) is 9.59 Å². The van der Waals surface area contributed by atoms with Gasteiger partial charge in [0.25, 0.3) is 0 Å². The Morgan fingerprint density at radius 1 is 0.938 bits per heavy atom. The van der Waals surface area contributed by atoms with E-state index in [1.54, 1.807) is 4.90 Å². The molecule has 1 N–H and O–H groups in total. The molecule has 1 saturated carbocycles. The van der Waals surface area contributed by atoms with Gasteiger partial charge in [-0.25, -0.2) is 4.98 Å². The molecule has 5 nitrogen and oxygen atoms in total. The van der Waals surface area contributed by atoms with Gasteiger partial charge in [0.1, 0.15) is 11.9 Å². The molecule has 2 amide bonds. The number of likely N-dealkylation sites (tertiary alicyclic amines) is 1. The van der Waals surface area contributed by atoms with Gasteiger partial charge >= 0.3 is 0 Å². The minimum Gasteiger partial charge on any atom is -0.331 e. The summed E-state index contributed by atoms with van der Waals surface area (Å²) >= 11 is 0. The van der Waals surface area contributed by atoms with Gasteiger partial charge in [0, 0.05) is 18.4 Å². The number of nitrogens with one attached hydrogen (secondary N) is 1. The average Bonchev–Trinajstić information content (AvgIpc) is 3.51. The maximum Gasteiger partial charge on any atom is 0.248 e. The molecule has 5 heteroatoms. The molecule has 0 radical (unpaired) electrons. The smallest absolute Gasteiger partial charge is 0.248 e. The molecule has 1 saturated heterocycles. The van der Waals surface area contributed by atoms with Gasteiger partial charge in [0.2, 0.25) is 11.8 Å². The Balaban J connectivity index is 1.38. The van der Waals surface area contributed by atoms with Gasteiger partial charge in [-0.05, 0) is 54.9 Å². The quantitative estimate of drug-likeness (QED) is 0.592. The van der Waals surface area contributed by atoms with Crippen LogP contribution in [0.3, 0.4) is 0 Å². The van der Waals surface area contributed by atoms with E-state index >= 15 is 0 Å². The third-order valence-electron chi connectivity index (χ3n) is 6.87. The van der Waals surface area contributed by atoms with E-state index in [9.17, 15) is 9.59 Å². The van der Waals surface area contributed by atoms with Gasteiger partial charge in [-0.1, -0.05) is 61.4 Å². The number of pyridine rings is 1. The first-order valence-electron chi connectivity index (χ1n) is 11.7. The normalized spacial score (nSPS) is 18.9. The van der Waals surface area contributed by atoms with Crippen molar-refractivity contribution in [3.63, 3.8) is 0 Å². The molecular formula is C27H29N3O2. The molecule has 2 aliphatic rings. The Kier molecular flexibility index (Phi) is 5.89. The lowest BCUT2D eigenvalue weighted by Crippen LogP contribution is -2.43. The number of fused-ring (bicyclic) bond motifs is 1. The van der Waals surface area contributed by atoms with E-state index in [1.165, 1.54) is 12.8 Å². The van der Waals surface area contributed by atoms with Crippen molar-refractivity contribution in [1.82, 2.24) is 9.88 Å². The number of carbonyl (C=O) groups is 2. The van der Waals surface area contributed by atoms with E-state index in [1.807, 2.05) is 42.5 Å². The van der Waals surface area contributed by atoms with Gasteiger partial charge in [0.15, 0.2) is 0 Å². The third kappa shape index (κ3) is 4.24. The van der Waals surface area contributed by atoms with E-state index in [4.69, 9.17) is 4.98 Å². The van der Waals surface area contributed by atoms with E-state index in [0.717, 1.165) is 41.3 Å². The van der Waals surface area contributed by atoms with Crippen molar-refractivity contribution >= 4 is 28.5 Å². The second-order valence-electron chi connectivity index (χ2n) is 9.03. The Morgan fingerprint density at radius 2 is 1.69 bits per heavy atom. The lowest BCUT2D eigenvalue weighted by molar-refractivity contribution is -0.137. The molecule has 164 valence electrons. The summed E-state index contributed by atoms with van der Waals surface area (Å²) in [4.78, 5) is 32.6. The molecule has 1 atom stereocenters. The standard InChI is InChI=1S/C27H29N3O2/c31-26(17-19-9-4-5-10-19)30-16-8-15-24(30)27(32)29-25-18-22(20-11-2-1-3-12-20)21-13-6-7-14-23(21)28-25/h1-3,6-7,11-14,18-19,24H,4-5,8-10,15-17H2,(H,28,29,32)/t24-/m0/s1. The number of nitrogens with zero attached hydrogens (tertiary/aromatic N) is 2. The predicted molar refractivity (Wildman–Crippen MR) is 127 cm³/mol. The Bertz CT molecular complexity index is 1120. The minimum atomic E-state index is -0.405. The Morgan fingerprint density at radius 3 is 2.50 bits per heavy atom. The number of anilines is 1. The van der Waals surface area contributed by atoms with Crippen LogP contribution >= 0.6 is 0 Å². The average molecular weight is 428 g/mol. The summed E-state index contributed by atoms with van der Waals surface area (Å²) in [5.74, 6) is 1.01.